The van der Waals surface area contributed by atoms with Crippen LogP contribution in [0.2, 0.25) is 0 Å². The molecule has 13 heavy (non-hydrogen) atoms. The van der Waals surface area contributed by atoms with Crippen molar-refractivity contribution in [3.63, 3.8) is 0 Å². The Morgan fingerprint density at radius 2 is 2.54 bits per heavy atom. The largest absolute Gasteiger partial charge is 0.478 e. The first-order valence-corrected chi connectivity index (χ1v) is 4.82. The van der Waals surface area contributed by atoms with Crippen molar-refractivity contribution in [1.82, 2.24) is 5.32 Å². The first kappa shape index (κ1) is 9.80. The van der Waals surface area contributed by atoms with E-state index in [1.807, 2.05) is 23.8 Å². The molecule has 3 nitrogen and oxygen atoms in total. The Kier molecular flexibility index (Phi) is 3.52. The van der Waals surface area contributed by atoms with Gasteiger partial charge in [0.1, 0.15) is 0 Å². The molecule has 0 bridgehead atoms. The van der Waals surface area contributed by atoms with Gasteiger partial charge in [-0.3, -0.25) is 0 Å². The van der Waals surface area contributed by atoms with Crippen molar-refractivity contribution >= 4 is 17.3 Å². The Bertz CT molecular complexity index is 293. The van der Waals surface area contributed by atoms with Gasteiger partial charge in [0.05, 0.1) is 0 Å². The Balaban J connectivity index is 2.43. The predicted molar refractivity (Wildman–Crippen MR) is 52.6 cm³/mol. The Morgan fingerprint density at radius 3 is 3.08 bits per heavy atom. The van der Waals surface area contributed by atoms with Crippen molar-refractivity contribution in [3.05, 3.63) is 34.7 Å². The number of thiophene rings is 1. The highest BCUT2D eigenvalue weighted by Crippen LogP contribution is 2.14. The van der Waals surface area contributed by atoms with Gasteiger partial charge < -0.3 is 10.4 Å². The normalized spacial score (nSPS) is 13.0. The minimum atomic E-state index is -0.940. The van der Waals surface area contributed by atoms with Crippen molar-refractivity contribution in [2.45, 2.75) is 13.0 Å². The number of nitrogens with one attached hydrogen (secondary N) is 1. The molecule has 70 valence electrons. The second-order valence-electron chi connectivity index (χ2n) is 2.62. The standard InChI is InChI=1S/C9H11NO2S/c1-7(8-3-5-13-6-8)10-4-2-9(11)12/h2-7,10H,1H3,(H,11,12)/b4-2+. The topological polar surface area (TPSA) is 49.3 Å². The lowest BCUT2D eigenvalue weighted by Crippen LogP contribution is -2.11. The molecule has 0 amide bonds. The van der Waals surface area contributed by atoms with E-state index >= 15 is 0 Å². The molecule has 0 fully saturated rings. The highest BCUT2D eigenvalue weighted by Gasteiger charge is 2.01. The van der Waals surface area contributed by atoms with E-state index in [0.717, 1.165) is 6.08 Å². The van der Waals surface area contributed by atoms with Gasteiger partial charge in [0.15, 0.2) is 0 Å². The molecule has 0 saturated heterocycles. The zero-order valence-corrected chi connectivity index (χ0v) is 8.04. The maximum atomic E-state index is 10.1. The molecule has 1 atom stereocenters. The van der Waals surface area contributed by atoms with Gasteiger partial charge >= 0.3 is 5.97 Å². The van der Waals surface area contributed by atoms with E-state index in [2.05, 4.69) is 5.32 Å². The van der Waals surface area contributed by atoms with E-state index < -0.39 is 5.97 Å². The van der Waals surface area contributed by atoms with Crippen LogP contribution >= 0.6 is 11.3 Å². The Hall–Kier alpha value is -1.29. The third-order valence-corrected chi connectivity index (χ3v) is 2.32. The first-order valence-electron chi connectivity index (χ1n) is 3.88. The van der Waals surface area contributed by atoms with Crippen molar-refractivity contribution in [1.29, 1.82) is 0 Å². The van der Waals surface area contributed by atoms with Gasteiger partial charge in [-0.15, -0.1) is 0 Å². The molecule has 2 N–H and O–H groups in total. The summed E-state index contributed by atoms with van der Waals surface area (Å²) in [6.45, 7) is 1.98. The molecule has 0 radical (unpaired) electrons. The first-order chi connectivity index (χ1) is 6.20. The Labute approximate surface area is 80.7 Å². The molecule has 1 rings (SSSR count). The average Bonchev–Trinajstić information content (AvgIpc) is 2.55. The van der Waals surface area contributed by atoms with Crippen molar-refractivity contribution < 1.29 is 9.90 Å². The monoisotopic (exact) mass is 197 g/mol. The maximum absolute atomic E-state index is 10.1. The van der Waals surface area contributed by atoms with Gasteiger partial charge in [0.25, 0.3) is 0 Å². The van der Waals surface area contributed by atoms with E-state index in [4.69, 9.17) is 5.11 Å². The van der Waals surface area contributed by atoms with Crippen LogP contribution in [0.3, 0.4) is 0 Å². The van der Waals surface area contributed by atoms with Gasteiger partial charge in [0, 0.05) is 18.3 Å². The van der Waals surface area contributed by atoms with Gasteiger partial charge in [0.2, 0.25) is 0 Å². The zero-order chi connectivity index (χ0) is 9.68. The van der Waals surface area contributed by atoms with E-state index in [-0.39, 0.29) is 6.04 Å². The maximum Gasteiger partial charge on any atom is 0.329 e. The Morgan fingerprint density at radius 1 is 1.77 bits per heavy atom. The summed E-state index contributed by atoms with van der Waals surface area (Å²) in [5.74, 6) is -0.940. The highest BCUT2D eigenvalue weighted by molar-refractivity contribution is 7.07. The van der Waals surface area contributed by atoms with Crippen LogP contribution in [0.25, 0.3) is 0 Å². The summed E-state index contributed by atoms with van der Waals surface area (Å²) < 4.78 is 0. The third kappa shape index (κ3) is 3.29. The van der Waals surface area contributed by atoms with Gasteiger partial charge in [-0.1, -0.05) is 0 Å². The van der Waals surface area contributed by atoms with Crippen molar-refractivity contribution in [3.8, 4) is 0 Å². The molecule has 1 heterocycles. The summed E-state index contributed by atoms with van der Waals surface area (Å²) in [7, 11) is 0. The van der Waals surface area contributed by atoms with Crippen LogP contribution in [0.1, 0.15) is 18.5 Å². The number of carboxylic acids is 1. The van der Waals surface area contributed by atoms with Crippen molar-refractivity contribution in [2.24, 2.45) is 0 Å². The molecular formula is C9H11NO2S. The zero-order valence-electron chi connectivity index (χ0n) is 7.23. The quantitative estimate of drug-likeness (QED) is 0.726. The lowest BCUT2D eigenvalue weighted by Gasteiger charge is -2.08. The molecule has 0 aliphatic rings. The van der Waals surface area contributed by atoms with Crippen LogP contribution in [0.4, 0.5) is 0 Å². The summed E-state index contributed by atoms with van der Waals surface area (Å²) in [6.07, 6.45) is 2.54. The average molecular weight is 197 g/mol. The van der Waals surface area contributed by atoms with E-state index in [1.165, 1.54) is 11.8 Å². The van der Waals surface area contributed by atoms with Gasteiger partial charge in [-0.25, -0.2) is 4.79 Å². The van der Waals surface area contributed by atoms with Crippen LogP contribution < -0.4 is 5.32 Å². The van der Waals surface area contributed by atoms with E-state index in [9.17, 15) is 4.79 Å². The minimum Gasteiger partial charge on any atom is -0.478 e. The van der Waals surface area contributed by atoms with Crippen LogP contribution in [-0.4, -0.2) is 11.1 Å². The molecule has 4 heteroatoms. The number of aliphatic carboxylic acids is 1. The molecule has 1 aromatic rings. The fourth-order valence-electron chi connectivity index (χ4n) is 0.881. The molecule has 0 saturated carbocycles. The summed E-state index contributed by atoms with van der Waals surface area (Å²) in [5, 5.41) is 15.3. The van der Waals surface area contributed by atoms with Crippen LogP contribution in [0.15, 0.2) is 29.1 Å². The molecular weight excluding hydrogens is 186 g/mol. The van der Waals surface area contributed by atoms with E-state index in [1.54, 1.807) is 11.3 Å². The van der Waals surface area contributed by atoms with Crippen LogP contribution in [-0.2, 0) is 4.79 Å². The highest BCUT2D eigenvalue weighted by atomic mass is 32.1. The fraction of sp³-hybridized carbons (Fsp3) is 0.222. The second kappa shape index (κ2) is 4.67. The molecule has 0 aromatic carbocycles. The molecule has 0 spiro atoms. The van der Waals surface area contributed by atoms with Crippen molar-refractivity contribution in [2.75, 3.05) is 0 Å². The summed E-state index contributed by atoms with van der Waals surface area (Å²) in [4.78, 5) is 10.1. The smallest absolute Gasteiger partial charge is 0.329 e. The minimum absolute atomic E-state index is 0.154. The van der Waals surface area contributed by atoms with Crippen LogP contribution in [0.5, 0.6) is 0 Å². The van der Waals surface area contributed by atoms with E-state index in [0.29, 0.717) is 0 Å². The third-order valence-electron chi connectivity index (χ3n) is 1.62. The predicted octanol–water partition coefficient (Wildman–Crippen LogP) is 2.00. The van der Waals surface area contributed by atoms with Gasteiger partial charge in [-0.05, 0) is 29.3 Å². The second-order valence-corrected chi connectivity index (χ2v) is 3.40. The number of carbonyl (C=O) groups is 1. The number of rotatable bonds is 4. The van der Waals surface area contributed by atoms with Crippen LogP contribution in [0, 0.1) is 0 Å². The summed E-state index contributed by atoms with van der Waals surface area (Å²) in [6, 6.07) is 2.17. The fourth-order valence-corrected chi connectivity index (χ4v) is 1.64. The molecule has 1 unspecified atom stereocenters. The van der Waals surface area contributed by atoms with Gasteiger partial charge in [-0.2, -0.15) is 11.3 Å². The summed E-state index contributed by atoms with van der Waals surface area (Å²) in [5.41, 5.74) is 1.17. The lowest BCUT2D eigenvalue weighted by atomic mass is 10.2. The number of carboxylic acid groups (broad SMARTS) is 1. The summed E-state index contributed by atoms with van der Waals surface area (Å²) >= 11 is 1.63. The molecule has 0 aliphatic carbocycles. The number of hydrogen-bond donors (Lipinski definition) is 2. The lowest BCUT2D eigenvalue weighted by molar-refractivity contribution is -0.131. The molecule has 0 aliphatic heterocycles. The number of hydrogen-bond acceptors (Lipinski definition) is 3. The molecule has 1 aromatic heterocycles. The SMILES string of the molecule is CC(N/C=C/C(=O)O)c1ccsc1.